The molecule has 0 saturated carbocycles. The maximum atomic E-state index is 14.1. The molecule has 7 nitrogen and oxygen atoms in total. The summed E-state index contributed by atoms with van der Waals surface area (Å²) in [5.74, 6) is -0.0625. The molecule has 1 fully saturated rings. The van der Waals surface area contributed by atoms with E-state index in [0.717, 1.165) is 17.7 Å². The molecule has 2 heterocycles. The molecule has 20 heavy (non-hydrogen) atoms. The predicted molar refractivity (Wildman–Crippen MR) is 64.3 cm³/mol. The van der Waals surface area contributed by atoms with Crippen molar-refractivity contribution in [2.24, 2.45) is 0 Å². The zero-order chi connectivity index (χ0) is 15.1. The van der Waals surface area contributed by atoms with Gasteiger partial charge < -0.3 is 20.7 Å². The Bertz CT molecular complexity index is 553. The molecule has 0 spiro atoms. The first-order valence-corrected chi connectivity index (χ1v) is 5.93. The molecule has 0 aromatic carbocycles. The normalized spacial score (nSPS) is 35.1. The van der Waals surface area contributed by atoms with E-state index in [1.54, 1.807) is 0 Å². The topological polar surface area (TPSA) is 111 Å². The number of nitrogen functional groups attached to an aromatic ring is 1. The maximum Gasteiger partial charge on any atom is 0.351 e. The number of alkyl halides is 2. The van der Waals surface area contributed by atoms with Crippen LogP contribution in [0.4, 0.5) is 14.6 Å². The fourth-order valence-corrected chi connectivity index (χ4v) is 2.20. The van der Waals surface area contributed by atoms with Gasteiger partial charge in [0, 0.05) is 6.20 Å². The van der Waals surface area contributed by atoms with E-state index >= 15 is 0 Å². The first kappa shape index (κ1) is 14.8. The van der Waals surface area contributed by atoms with Gasteiger partial charge in [0.15, 0.2) is 18.0 Å². The molecule has 0 amide bonds. The first-order chi connectivity index (χ1) is 9.33. The largest absolute Gasteiger partial charge is 0.393 e. The maximum absolute atomic E-state index is 14.1. The Morgan fingerprint density at radius 2 is 2.35 bits per heavy atom. The molecule has 0 radical (unpaired) electrons. The number of ether oxygens (including phenoxy) is 1. The number of halogens is 2. The summed E-state index contributed by atoms with van der Waals surface area (Å²) in [4.78, 5) is 15.0. The molecule has 0 aliphatic carbocycles. The van der Waals surface area contributed by atoms with E-state index in [4.69, 9.17) is 10.5 Å². The summed E-state index contributed by atoms with van der Waals surface area (Å²) in [6.07, 6.45) is -6.31. The van der Waals surface area contributed by atoms with Crippen LogP contribution in [0.25, 0.3) is 0 Å². The first-order valence-electron chi connectivity index (χ1n) is 5.93. The fraction of sp³-hybridized carbons (Fsp3) is 0.636. The van der Waals surface area contributed by atoms with E-state index in [9.17, 15) is 23.8 Å². The minimum Gasteiger partial charge on any atom is -0.393 e. The number of aliphatic hydroxyl groups excluding tert-OH is 2. The van der Waals surface area contributed by atoms with Gasteiger partial charge in [-0.1, -0.05) is 0 Å². The fourth-order valence-electron chi connectivity index (χ4n) is 2.20. The average molecular weight is 291 g/mol. The number of nitrogens with zero attached hydrogens (tertiary/aromatic N) is 2. The van der Waals surface area contributed by atoms with Crippen LogP contribution < -0.4 is 11.4 Å². The number of hydrogen-bond acceptors (Lipinski definition) is 6. The van der Waals surface area contributed by atoms with Crippen molar-refractivity contribution in [1.82, 2.24) is 9.55 Å². The van der Waals surface area contributed by atoms with Crippen LogP contribution in [0.2, 0.25) is 0 Å². The SMILES string of the molecule is CC(F)C1(CO)OC(n2ccc(N)nc2=O)C(F)C1O. The second-order valence-electron chi connectivity index (χ2n) is 4.67. The van der Waals surface area contributed by atoms with Crippen molar-refractivity contribution in [2.45, 2.75) is 37.2 Å². The van der Waals surface area contributed by atoms with E-state index < -0.39 is 42.6 Å². The summed E-state index contributed by atoms with van der Waals surface area (Å²) in [5, 5.41) is 19.0. The van der Waals surface area contributed by atoms with Gasteiger partial charge >= 0.3 is 5.69 Å². The highest BCUT2D eigenvalue weighted by Crippen LogP contribution is 2.41. The van der Waals surface area contributed by atoms with Crippen molar-refractivity contribution in [2.75, 3.05) is 12.3 Å². The van der Waals surface area contributed by atoms with Crippen LogP contribution in [0, 0.1) is 0 Å². The van der Waals surface area contributed by atoms with E-state index in [1.165, 1.54) is 6.07 Å². The average Bonchev–Trinajstić information content (AvgIpc) is 2.64. The van der Waals surface area contributed by atoms with Crippen LogP contribution in [0.15, 0.2) is 17.1 Å². The molecule has 5 atom stereocenters. The molecule has 112 valence electrons. The third-order valence-electron chi connectivity index (χ3n) is 3.46. The van der Waals surface area contributed by atoms with Crippen molar-refractivity contribution in [3.05, 3.63) is 22.7 Å². The molecule has 0 bridgehead atoms. The molecule has 1 aromatic heterocycles. The molecule has 1 saturated heterocycles. The summed E-state index contributed by atoms with van der Waals surface area (Å²) in [6.45, 7) is 0.0957. The lowest BCUT2D eigenvalue weighted by Crippen LogP contribution is -2.52. The molecular weight excluding hydrogens is 276 g/mol. The standard InChI is InChI=1S/C11H15F2N3O4/c1-5(12)11(4-17)8(18)7(13)9(20-11)16-3-2-6(14)15-10(16)19/h2-3,5,7-9,17-18H,4H2,1H3,(H2,14,15,19). The van der Waals surface area contributed by atoms with Gasteiger partial charge in [0.2, 0.25) is 0 Å². The van der Waals surface area contributed by atoms with Crippen LogP contribution in [0.1, 0.15) is 13.2 Å². The zero-order valence-electron chi connectivity index (χ0n) is 10.6. The molecule has 5 unspecified atom stereocenters. The van der Waals surface area contributed by atoms with Crippen LogP contribution in [-0.4, -0.2) is 50.4 Å². The lowest BCUT2D eigenvalue weighted by Gasteiger charge is -2.30. The van der Waals surface area contributed by atoms with Gasteiger partial charge in [0.25, 0.3) is 0 Å². The van der Waals surface area contributed by atoms with E-state index in [1.807, 2.05) is 0 Å². The minimum atomic E-state index is -2.12. The van der Waals surface area contributed by atoms with Crippen molar-refractivity contribution in [3.8, 4) is 0 Å². The molecule has 4 N–H and O–H groups in total. The zero-order valence-corrected chi connectivity index (χ0v) is 10.6. The number of hydrogen-bond donors (Lipinski definition) is 3. The number of aromatic nitrogens is 2. The second kappa shape index (κ2) is 5.08. The van der Waals surface area contributed by atoms with Gasteiger partial charge in [-0.05, 0) is 13.0 Å². The molecule has 1 aliphatic heterocycles. The summed E-state index contributed by atoms with van der Waals surface area (Å²) in [5.41, 5.74) is 2.29. The number of rotatable bonds is 3. The highest BCUT2D eigenvalue weighted by atomic mass is 19.1. The Morgan fingerprint density at radius 1 is 1.70 bits per heavy atom. The highest BCUT2D eigenvalue weighted by Gasteiger charge is 2.59. The summed E-state index contributed by atoms with van der Waals surface area (Å²) in [7, 11) is 0. The van der Waals surface area contributed by atoms with Gasteiger partial charge in [0.05, 0.1) is 6.61 Å². The Morgan fingerprint density at radius 3 is 2.80 bits per heavy atom. The van der Waals surface area contributed by atoms with E-state index in [2.05, 4.69) is 4.98 Å². The van der Waals surface area contributed by atoms with Crippen molar-refractivity contribution >= 4 is 5.82 Å². The summed E-state index contributed by atoms with van der Waals surface area (Å²) in [6, 6.07) is 1.24. The van der Waals surface area contributed by atoms with Crippen LogP contribution in [0.3, 0.4) is 0 Å². The summed E-state index contributed by atoms with van der Waals surface area (Å²) >= 11 is 0. The second-order valence-corrected chi connectivity index (χ2v) is 4.67. The van der Waals surface area contributed by atoms with Crippen molar-refractivity contribution in [1.29, 1.82) is 0 Å². The number of nitrogens with two attached hydrogens (primary N) is 1. The Kier molecular flexibility index (Phi) is 3.76. The van der Waals surface area contributed by atoms with Crippen molar-refractivity contribution < 1.29 is 23.7 Å². The van der Waals surface area contributed by atoms with Gasteiger partial charge in [-0.15, -0.1) is 0 Å². The van der Waals surface area contributed by atoms with Crippen molar-refractivity contribution in [3.63, 3.8) is 0 Å². The highest BCUT2D eigenvalue weighted by molar-refractivity contribution is 5.23. The Labute approximate surface area is 112 Å². The van der Waals surface area contributed by atoms with Gasteiger partial charge in [-0.3, -0.25) is 4.57 Å². The molecule has 1 aliphatic rings. The van der Waals surface area contributed by atoms with Gasteiger partial charge in [-0.2, -0.15) is 4.98 Å². The molecule has 1 aromatic rings. The quantitative estimate of drug-likeness (QED) is 0.668. The van der Waals surface area contributed by atoms with Crippen LogP contribution in [-0.2, 0) is 4.74 Å². The number of aliphatic hydroxyl groups is 2. The molecular formula is C11H15F2N3O4. The third-order valence-corrected chi connectivity index (χ3v) is 3.46. The number of anilines is 1. The summed E-state index contributed by atoms with van der Waals surface area (Å²) < 4.78 is 33.6. The Hall–Kier alpha value is -1.58. The molecule has 9 heteroatoms. The minimum absolute atomic E-state index is 0.0625. The monoisotopic (exact) mass is 291 g/mol. The lowest BCUT2D eigenvalue weighted by molar-refractivity contribution is -0.161. The Balaban J connectivity index is 2.42. The van der Waals surface area contributed by atoms with E-state index in [0.29, 0.717) is 0 Å². The smallest absolute Gasteiger partial charge is 0.351 e. The van der Waals surface area contributed by atoms with Crippen LogP contribution >= 0.6 is 0 Å². The van der Waals surface area contributed by atoms with Gasteiger partial charge in [0.1, 0.15) is 18.1 Å². The van der Waals surface area contributed by atoms with Gasteiger partial charge in [-0.25, -0.2) is 13.6 Å². The van der Waals surface area contributed by atoms with E-state index in [-0.39, 0.29) is 5.82 Å². The molecule has 2 rings (SSSR count). The lowest BCUT2D eigenvalue weighted by atomic mass is 9.92. The predicted octanol–water partition coefficient (Wildman–Crippen LogP) is -0.858. The third kappa shape index (κ3) is 2.07. The van der Waals surface area contributed by atoms with Crippen LogP contribution in [0.5, 0.6) is 0 Å².